The minimum Gasteiger partial charge on any atom is -0.431 e. The van der Waals surface area contributed by atoms with E-state index in [9.17, 15) is 4.79 Å². The summed E-state index contributed by atoms with van der Waals surface area (Å²) in [6.45, 7) is 4.63. The molecule has 1 aromatic heterocycles. The average molecular weight is 425 g/mol. The molecular formula is C23H24N2O4S. The maximum absolute atomic E-state index is 13.0. The number of amides is 1. The lowest BCUT2D eigenvalue weighted by Gasteiger charge is -2.37. The molecule has 3 heterocycles. The summed E-state index contributed by atoms with van der Waals surface area (Å²) in [5, 5.41) is 0.647. The highest BCUT2D eigenvalue weighted by Gasteiger charge is 2.40. The number of ether oxygens (including phenoxy) is 2. The first-order valence-electron chi connectivity index (χ1n) is 10.3. The Morgan fingerprint density at radius 3 is 2.67 bits per heavy atom. The summed E-state index contributed by atoms with van der Waals surface area (Å²) in [6.07, 6.45) is 1.46. The topological polar surface area (TPSA) is 64.8 Å². The second kappa shape index (κ2) is 8.06. The van der Waals surface area contributed by atoms with Crippen molar-refractivity contribution in [1.29, 1.82) is 0 Å². The number of rotatable bonds is 4. The second-order valence-corrected chi connectivity index (χ2v) is 8.72. The number of carbonyl (C=O) groups excluding carboxylic acids is 1. The number of oxazole rings is 1. The lowest BCUT2D eigenvalue weighted by atomic mass is 10.0. The Hall–Kier alpha value is -2.35. The number of benzene rings is 2. The maximum atomic E-state index is 13.0. The molecule has 2 aliphatic rings. The Kier molecular flexibility index (Phi) is 5.26. The number of nitrogens with zero attached hydrogens (tertiary/aromatic N) is 2. The van der Waals surface area contributed by atoms with Crippen molar-refractivity contribution in [3.05, 3.63) is 59.2 Å². The fraction of sp³-hybridized carbons (Fsp3) is 0.391. The number of piperidine rings is 1. The van der Waals surface area contributed by atoms with Crippen LogP contribution in [0.15, 0.2) is 52.1 Å². The van der Waals surface area contributed by atoms with Crippen LogP contribution in [0.5, 0.6) is 0 Å². The van der Waals surface area contributed by atoms with Crippen LogP contribution < -0.4 is 0 Å². The minimum absolute atomic E-state index is 0.0622. The van der Waals surface area contributed by atoms with Crippen LogP contribution >= 0.6 is 11.8 Å². The van der Waals surface area contributed by atoms with E-state index in [1.54, 1.807) is 11.8 Å². The molecule has 156 valence electrons. The standard InChI is InChI=1S/C23H24N2O4S/c1-16-4-2-7-19-20(16)24-22(29-19)30-15-17-5-3-6-18(14-17)21(26)25-10-8-23(9-11-25)27-12-13-28-23/h2-7,14H,8-13,15H2,1H3. The summed E-state index contributed by atoms with van der Waals surface area (Å²) in [7, 11) is 0. The smallest absolute Gasteiger partial charge is 0.257 e. The van der Waals surface area contributed by atoms with Crippen LogP contribution in [-0.2, 0) is 15.2 Å². The van der Waals surface area contributed by atoms with Gasteiger partial charge in [-0.05, 0) is 36.2 Å². The van der Waals surface area contributed by atoms with Crippen molar-refractivity contribution in [2.24, 2.45) is 0 Å². The number of hydrogen-bond acceptors (Lipinski definition) is 6. The molecule has 0 atom stereocenters. The first kappa shape index (κ1) is 19.6. The number of hydrogen-bond donors (Lipinski definition) is 0. The molecule has 0 bridgehead atoms. The quantitative estimate of drug-likeness (QED) is 0.578. The van der Waals surface area contributed by atoms with E-state index in [4.69, 9.17) is 13.9 Å². The third kappa shape index (κ3) is 3.85. The molecule has 0 radical (unpaired) electrons. The Balaban J connectivity index is 1.23. The lowest BCUT2D eigenvalue weighted by Crippen LogP contribution is -2.47. The Morgan fingerprint density at radius 1 is 1.13 bits per heavy atom. The van der Waals surface area contributed by atoms with Gasteiger partial charge in [0.15, 0.2) is 11.4 Å². The molecule has 30 heavy (non-hydrogen) atoms. The van der Waals surface area contributed by atoms with Crippen LogP contribution in [0.4, 0.5) is 0 Å². The normalized spacial score (nSPS) is 18.4. The van der Waals surface area contributed by atoms with Gasteiger partial charge < -0.3 is 18.8 Å². The van der Waals surface area contributed by atoms with Gasteiger partial charge in [-0.15, -0.1) is 0 Å². The van der Waals surface area contributed by atoms with Crippen molar-refractivity contribution in [3.8, 4) is 0 Å². The summed E-state index contributed by atoms with van der Waals surface area (Å²) in [6, 6.07) is 13.8. The molecule has 2 aliphatic heterocycles. The molecule has 3 aromatic rings. The number of para-hydroxylation sites is 1. The summed E-state index contributed by atoms with van der Waals surface area (Å²) >= 11 is 1.54. The number of likely N-dealkylation sites (tertiary alicyclic amines) is 1. The Labute approximate surface area is 179 Å². The van der Waals surface area contributed by atoms with Gasteiger partial charge in [0.1, 0.15) is 5.52 Å². The summed E-state index contributed by atoms with van der Waals surface area (Å²) < 4.78 is 17.4. The Bertz CT molecular complexity index is 1060. The van der Waals surface area contributed by atoms with Crippen LogP contribution in [0.3, 0.4) is 0 Å². The minimum atomic E-state index is -0.465. The van der Waals surface area contributed by atoms with Crippen molar-refractivity contribution in [3.63, 3.8) is 0 Å². The van der Waals surface area contributed by atoms with Gasteiger partial charge in [-0.25, -0.2) is 4.98 Å². The van der Waals surface area contributed by atoms with Gasteiger partial charge in [0, 0.05) is 37.2 Å². The highest BCUT2D eigenvalue weighted by molar-refractivity contribution is 7.98. The zero-order valence-electron chi connectivity index (χ0n) is 16.9. The molecule has 7 heteroatoms. The molecule has 0 N–H and O–H groups in total. The number of thioether (sulfide) groups is 1. The number of aryl methyl sites for hydroxylation is 1. The summed E-state index contributed by atoms with van der Waals surface area (Å²) in [4.78, 5) is 19.5. The fourth-order valence-electron chi connectivity index (χ4n) is 4.09. The second-order valence-electron chi connectivity index (χ2n) is 7.79. The molecule has 0 saturated carbocycles. The van der Waals surface area contributed by atoms with Crippen LogP contribution in [0.1, 0.15) is 34.3 Å². The zero-order chi connectivity index (χ0) is 20.6. The van der Waals surface area contributed by atoms with E-state index < -0.39 is 5.79 Å². The summed E-state index contributed by atoms with van der Waals surface area (Å²) in [5.74, 6) is 0.289. The largest absolute Gasteiger partial charge is 0.431 e. The van der Waals surface area contributed by atoms with Gasteiger partial charge in [0.05, 0.1) is 13.2 Å². The van der Waals surface area contributed by atoms with E-state index in [0.717, 1.165) is 35.1 Å². The highest BCUT2D eigenvalue weighted by Crippen LogP contribution is 2.32. The van der Waals surface area contributed by atoms with E-state index in [1.807, 2.05) is 54.3 Å². The first-order chi connectivity index (χ1) is 14.6. The van der Waals surface area contributed by atoms with Crippen molar-refractivity contribution in [1.82, 2.24) is 9.88 Å². The SMILES string of the molecule is Cc1cccc2oc(SCc3cccc(C(=O)N4CCC5(CC4)OCCO5)c3)nc12. The van der Waals surface area contributed by atoms with E-state index in [2.05, 4.69) is 4.98 Å². The molecule has 2 fully saturated rings. The molecule has 5 rings (SSSR count). The predicted octanol–water partition coefficient (Wildman–Crippen LogP) is 4.41. The van der Waals surface area contributed by atoms with E-state index in [1.165, 1.54) is 0 Å². The molecule has 1 spiro atoms. The third-order valence-corrected chi connectivity index (χ3v) is 6.66. The van der Waals surface area contributed by atoms with Crippen molar-refractivity contribution < 1.29 is 18.7 Å². The van der Waals surface area contributed by atoms with Gasteiger partial charge in [-0.1, -0.05) is 36.0 Å². The molecule has 1 amide bonds. The highest BCUT2D eigenvalue weighted by atomic mass is 32.2. The van der Waals surface area contributed by atoms with Crippen LogP contribution in [0.25, 0.3) is 11.1 Å². The van der Waals surface area contributed by atoms with Crippen LogP contribution in [0.2, 0.25) is 0 Å². The molecule has 2 saturated heterocycles. The van der Waals surface area contributed by atoms with Gasteiger partial charge >= 0.3 is 0 Å². The number of fused-ring (bicyclic) bond motifs is 1. The van der Waals surface area contributed by atoms with Crippen molar-refractivity contribution in [2.45, 2.75) is 36.5 Å². The zero-order valence-corrected chi connectivity index (χ0v) is 17.7. The number of aromatic nitrogens is 1. The van der Waals surface area contributed by atoms with E-state index in [0.29, 0.717) is 42.8 Å². The fourth-order valence-corrected chi connectivity index (χ4v) is 4.86. The molecular weight excluding hydrogens is 400 g/mol. The van der Waals surface area contributed by atoms with Gasteiger partial charge in [0.25, 0.3) is 11.1 Å². The van der Waals surface area contributed by atoms with Gasteiger partial charge in [0.2, 0.25) is 0 Å². The third-order valence-electron chi connectivity index (χ3n) is 5.76. The predicted molar refractivity (Wildman–Crippen MR) is 115 cm³/mol. The average Bonchev–Trinajstić information content (AvgIpc) is 3.40. The molecule has 2 aromatic carbocycles. The summed E-state index contributed by atoms with van der Waals surface area (Å²) in [5.41, 5.74) is 4.60. The molecule has 0 aliphatic carbocycles. The molecule has 6 nitrogen and oxygen atoms in total. The maximum Gasteiger partial charge on any atom is 0.257 e. The van der Waals surface area contributed by atoms with Crippen molar-refractivity contribution >= 4 is 28.8 Å². The van der Waals surface area contributed by atoms with Gasteiger partial charge in [-0.2, -0.15) is 0 Å². The first-order valence-corrected chi connectivity index (χ1v) is 11.3. The number of carbonyl (C=O) groups is 1. The Morgan fingerprint density at radius 2 is 1.90 bits per heavy atom. The van der Waals surface area contributed by atoms with Crippen LogP contribution in [-0.4, -0.2) is 47.9 Å². The van der Waals surface area contributed by atoms with Crippen molar-refractivity contribution in [2.75, 3.05) is 26.3 Å². The van der Waals surface area contributed by atoms with Crippen LogP contribution in [0, 0.1) is 6.92 Å². The molecule has 0 unspecified atom stereocenters. The van der Waals surface area contributed by atoms with E-state index >= 15 is 0 Å². The van der Waals surface area contributed by atoms with Gasteiger partial charge in [-0.3, -0.25) is 4.79 Å². The monoisotopic (exact) mass is 424 g/mol. The lowest BCUT2D eigenvalue weighted by molar-refractivity contribution is -0.181. The van der Waals surface area contributed by atoms with E-state index in [-0.39, 0.29) is 5.91 Å².